The molecule has 1 aliphatic rings. The molecule has 1 aromatic rings. The number of likely N-dealkylation sites (tertiary alicyclic amines) is 1. The molecule has 2 heterocycles. The molecule has 1 aliphatic heterocycles. The van der Waals surface area contributed by atoms with Gasteiger partial charge < -0.3 is 14.6 Å². The molecule has 7 heteroatoms. The zero-order valence-electron chi connectivity index (χ0n) is 11.8. The van der Waals surface area contributed by atoms with Crippen molar-refractivity contribution in [2.24, 2.45) is 13.0 Å². The number of rotatable bonds is 5. The summed E-state index contributed by atoms with van der Waals surface area (Å²) in [5.74, 6) is 0.874. The summed E-state index contributed by atoms with van der Waals surface area (Å²) < 4.78 is 1.66. The molecule has 7 nitrogen and oxygen atoms in total. The molecule has 0 saturated carbocycles. The number of aromatic nitrogens is 2. The summed E-state index contributed by atoms with van der Waals surface area (Å²) in [5, 5.41) is 10.9. The Morgan fingerprint density at radius 3 is 3.00 bits per heavy atom. The van der Waals surface area contributed by atoms with Crippen molar-refractivity contribution in [3.8, 4) is 0 Å². The molecule has 0 bridgehead atoms. The van der Waals surface area contributed by atoms with Crippen LogP contribution in [0.4, 0.5) is 10.7 Å². The smallest absolute Gasteiger partial charge is 0.411 e. The Morgan fingerprint density at radius 1 is 1.60 bits per heavy atom. The zero-order valence-corrected chi connectivity index (χ0v) is 11.8. The Bertz CT molecular complexity index is 512. The van der Waals surface area contributed by atoms with Gasteiger partial charge in [-0.25, -0.2) is 9.78 Å². The summed E-state index contributed by atoms with van der Waals surface area (Å²) in [6.07, 6.45) is 3.23. The van der Waals surface area contributed by atoms with Crippen molar-refractivity contribution in [3.05, 3.63) is 11.9 Å². The second-order valence-electron chi connectivity index (χ2n) is 5.20. The number of hydrogen-bond acceptors (Lipinski definition) is 3. The fourth-order valence-electron chi connectivity index (χ4n) is 2.61. The Labute approximate surface area is 117 Å². The average molecular weight is 280 g/mol. The molecule has 110 valence electrons. The van der Waals surface area contributed by atoms with Gasteiger partial charge in [-0.05, 0) is 12.3 Å². The minimum absolute atomic E-state index is 0.164. The summed E-state index contributed by atoms with van der Waals surface area (Å²) >= 11 is 0. The van der Waals surface area contributed by atoms with Crippen molar-refractivity contribution < 1.29 is 14.7 Å². The van der Waals surface area contributed by atoms with E-state index in [1.807, 2.05) is 4.90 Å². The normalized spacial score (nSPS) is 18.6. The van der Waals surface area contributed by atoms with Crippen molar-refractivity contribution in [1.29, 1.82) is 0 Å². The van der Waals surface area contributed by atoms with Gasteiger partial charge in [-0.1, -0.05) is 13.3 Å². The summed E-state index contributed by atoms with van der Waals surface area (Å²) in [4.78, 5) is 28.4. The molecule has 1 fully saturated rings. The Balaban J connectivity index is 2.02. The fourth-order valence-corrected chi connectivity index (χ4v) is 2.61. The number of hydrogen-bond donors (Lipinski definition) is 2. The Morgan fingerprint density at radius 2 is 2.35 bits per heavy atom. The van der Waals surface area contributed by atoms with Crippen LogP contribution < -0.4 is 5.32 Å². The number of carbonyl (C=O) groups excluding carboxylic acids is 1. The van der Waals surface area contributed by atoms with Crippen LogP contribution in [0, 0.1) is 5.92 Å². The minimum atomic E-state index is -1.15. The van der Waals surface area contributed by atoms with Crippen LogP contribution in [0.5, 0.6) is 0 Å². The lowest BCUT2D eigenvalue weighted by Crippen LogP contribution is -2.26. The van der Waals surface area contributed by atoms with Gasteiger partial charge in [-0.2, -0.15) is 0 Å². The van der Waals surface area contributed by atoms with Crippen molar-refractivity contribution in [1.82, 2.24) is 14.5 Å². The van der Waals surface area contributed by atoms with E-state index in [0.29, 0.717) is 18.9 Å². The highest BCUT2D eigenvalue weighted by atomic mass is 16.4. The van der Waals surface area contributed by atoms with Crippen LogP contribution in [0.2, 0.25) is 0 Å². The highest BCUT2D eigenvalue weighted by Crippen LogP contribution is 2.24. The molecule has 0 radical (unpaired) electrons. The molecule has 1 unspecified atom stereocenters. The first-order valence-electron chi connectivity index (χ1n) is 6.79. The Hall–Kier alpha value is -2.05. The first-order chi connectivity index (χ1) is 9.51. The van der Waals surface area contributed by atoms with Crippen LogP contribution in [0.1, 0.15) is 31.9 Å². The van der Waals surface area contributed by atoms with Gasteiger partial charge in [0.25, 0.3) is 0 Å². The molecular weight excluding hydrogens is 260 g/mol. The van der Waals surface area contributed by atoms with E-state index in [1.165, 1.54) is 0 Å². The number of carbonyl (C=O) groups is 2. The summed E-state index contributed by atoms with van der Waals surface area (Å²) in [6, 6.07) is 0. The van der Waals surface area contributed by atoms with Crippen molar-refractivity contribution in [2.75, 3.05) is 11.9 Å². The topological polar surface area (TPSA) is 87.5 Å². The van der Waals surface area contributed by atoms with Gasteiger partial charge in [-0.3, -0.25) is 10.1 Å². The standard InChI is InChI=1S/C13H20N4O3/c1-3-4-9-5-11(18)17(7-9)8-10-6-14-12(16(10)2)15-13(19)20/h6,9H,3-5,7-8H2,1-2H3,(H,14,15)(H,19,20). The number of nitrogens with zero attached hydrogens (tertiary/aromatic N) is 3. The maximum absolute atomic E-state index is 11.9. The number of anilines is 1. The van der Waals surface area contributed by atoms with Gasteiger partial charge in [0.1, 0.15) is 0 Å². The molecule has 1 atom stereocenters. The highest BCUT2D eigenvalue weighted by Gasteiger charge is 2.29. The molecule has 0 aliphatic carbocycles. The largest absolute Gasteiger partial charge is 0.465 e. The van der Waals surface area contributed by atoms with Crippen molar-refractivity contribution in [2.45, 2.75) is 32.7 Å². The van der Waals surface area contributed by atoms with Gasteiger partial charge in [0.15, 0.2) is 0 Å². The molecule has 0 aromatic carbocycles. The molecule has 2 amide bonds. The third-order valence-electron chi connectivity index (χ3n) is 3.65. The number of amides is 2. The maximum atomic E-state index is 11.9. The second-order valence-corrected chi connectivity index (χ2v) is 5.20. The van der Waals surface area contributed by atoms with Crippen LogP contribution in [-0.4, -0.2) is 38.1 Å². The molecule has 1 saturated heterocycles. The summed E-state index contributed by atoms with van der Waals surface area (Å²) in [6.45, 7) is 3.38. The van der Waals surface area contributed by atoms with E-state index in [1.54, 1.807) is 17.8 Å². The van der Waals surface area contributed by atoms with Gasteiger partial charge in [-0.15, -0.1) is 0 Å². The second kappa shape index (κ2) is 5.94. The molecule has 20 heavy (non-hydrogen) atoms. The van der Waals surface area contributed by atoms with E-state index < -0.39 is 6.09 Å². The van der Waals surface area contributed by atoms with E-state index in [4.69, 9.17) is 5.11 Å². The van der Waals surface area contributed by atoms with E-state index >= 15 is 0 Å². The average Bonchev–Trinajstić information content (AvgIpc) is 2.87. The van der Waals surface area contributed by atoms with Gasteiger partial charge >= 0.3 is 6.09 Å². The Kier molecular flexibility index (Phi) is 4.26. The SMILES string of the molecule is CCCC1CC(=O)N(Cc2cnc(NC(=O)O)n2C)C1. The first-order valence-corrected chi connectivity index (χ1v) is 6.79. The predicted octanol–water partition coefficient (Wildman–Crippen LogP) is 1.66. The lowest BCUT2D eigenvalue weighted by atomic mass is 10.0. The van der Waals surface area contributed by atoms with Crippen LogP contribution in [-0.2, 0) is 18.4 Å². The van der Waals surface area contributed by atoms with Gasteiger partial charge in [0, 0.05) is 20.0 Å². The lowest BCUT2D eigenvalue weighted by Gasteiger charge is -2.17. The monoisotopic (exact) mass is 280 g/mol. The molecular formula is C13H20N4O3. The van der Waals surface area contributed by atoms with Crippen LogP contribution in [0.3, 0.4) is 0 Å². The third-order valence-corrected chi connectivity index (χ3v) is 3.65. The molecule has 2 N–H and O–H groups in total. The molecule has 1 aromatic heterocycles. The van der Waals surface area contributed by atoms with E-state index in [9.17, 15) is 9.59 Å². The first kappa shape index (κ1) is 14.4. The van der Waals surface area contributed by atoms with Crippen molar-refractivity contribution in [3.63, 3.8) is 0 Å². The number of nitrogens with one attached hydrogen (secondary N) is 1. The zero-order chi connectivity index (χ0) is 14.7. The van der Waals surface area contributed by atoms with E-state index in [-0.39, 0.29) is 11.9 Å². The van der Waals surface area contributed by atoms with Crippen LogP contribution in [0.15, 0.2) is 6.20 Å². The van der Waals surface area contributed by atoms with E-state index in [0.717, 1.165) is 25.1 Å². The number of imidazole rings is 1. The highest BCUT2D eigenvalue weighted by molar-refractivity contribution is 5.80. The van der Waals surface area contributed by atoms with Crippen LogP contribution in [0.25, 0.3) is 0 Å². The summed E-state index contributed by atoms with van der Waals surface area (Å²) in [7, 11) is 1.73. The third kappa shape index (κ3) is 3.09. The van der Waals surface area contributed by atoms with Crippen LogP contribution >= 0.6 is 0 Å². The lowest BCUT2D eigenvalue weighted by molar-refractivity contribution is -0.128. The maximum Gasteiger partial charge on any atom is 0.411 e. The predicted molar refractivity (Wildman–Crippen MR) is 73.3 cm³/mol. The quantitative estimate of drug-likeness (QED) is 0.858. The number of carboxylic acid groups (broad SMARTS) is 1. The summed E-state index contributed by atoms with van der Waals surface area (Å²) in [5.41, 5.74) is 0.819. The van der Waals surface area contributed by atoms with E-state index in [2.05, 4.69) is 17.2 Å². The molecule has 2 rings (SSSR count). The van der Waals surface area contributed by atoms with Gasteiger partial charge in [0.05, 0.1) is 18.4 Å². The van der Waals surface area contributed by atoms with Gasteiger partial charge in [0.2, 0.25) is 11.9 Å². The molecule has 0 spiro atoms. The minimum Gasteiger partial charge on any atom is -0.465 e. The van der Waals surface area contributed by atoms with Crippen molar-refractivity contribution >= 4 is 17.9 Å². The fraction of sp³-hybridized carbons (Fsp3) is 0.615.